The molecule has 1 N–H and O–H groups in total. The summed E-state index contributed by atoms with van der Waals surface area (Å²) in [6, 6.07) is 6.86. The average Bonchev–Trinajstić information content (AvgIpc) is 2.77. The number of aromatic nitrogens is 1. The van der Waals surface area contributed by atoms with Gasteiger partial charge in [-0.25, -0.2) is 18.0 Å². The fraction of sp³-hybridized carbons (Fsp3) is 0.458. The van der Waals surface area contributed by atoms with Gasteiger partial charge in [-0.1, -0.05) is 37.1 Å². The third-order valence-electron chi connectivity index (χ3n) is 4.85. The van der Waals surface area contributed by atoms with Crippen molar-refractivity contribution in [1.29, 1.82) is 0 Å². The summed E-state index contributed by atoms with van der Waals surface area (Å²) in [5, 5.41) is 2.69. The maximum absolute atomic E-state index is 13.4. The summed E-state index contributed by atoms with van der Waals surface area (Å²) in [6.07, 6.45) is 2.76. The van der Waals surface area contributed by atoms with E-state index in [0.717, 1.165) is 19.0 Å². The van der Waals surface area contributed by atoms with Crippen molar-refractivity contribution in [1.82, 2.24) is 15.2 Å². The van der Waals surface area contributed by atoms with Crippen molar-refractivity contribution in [3.63, 3.8) is 0 Å². The zero-order valence-corrected chi connectivity index (χ0v) is 20.8. The second-order valence-corrected chi connectivity index (χ2v) is 8.18. The van der Waals surface area contributed by atoms with Gasteiger partial charge in [0.1, 0.15) is 12.4 Å². The number of ether oxygens (including phenoxy) is 1. The van der Waals surface area contributed by atoms with Gasteiger partial charge in [-0.2, -0.15) is 0 Å². The average molecular weight is 502 g/mol. The Kier molecular flexibility index (Phi) is 11.9. The number of halogens is 4. The van der Waals surface area contributed by atoms with Crippen LogP contribution in [-0.2, 0) is 22.0 Å². The Hall–Kier alpha value is -2.81. The normalized spacial score (nSPS) is 11.7. The number of carbonyl (C=O) groups is 2. The van der Waals surface area contributed by atoms with Crippen LogP contribution in [0.5, 0.6) is 0 Å². The molecule has 2 aromatic rings. The molecule has 0 saturated heterocycles. The summed E-state index contributed by atoms with van der Waals surface area (Å²) < 4.78 is 43.5. The molecule has 2 rings (SSSR count). The molecule has 0 fully saturated rings. The van der Waals surface area contributed by atoms with Gasteiger partial charge >= 0.3 is 12.0 Å². The van der Waals surface area contributed by atoms with E-state index in [4.69, 9.17) is 16.3 Å². The largest absolute Gasteiger partial charge is 0.464 e. The number of likely N-dealkylation sites (N-methyl/N-ethyl adjacent to an activating group) is 1. The molecule has 10 heteroatoms. The number of nitrogens with zero attached hydrogens (tertiary/aromatic N) is 2. The Morgan fingerprint density at radius 1 is 1.26 bits per heavy atom. The zero-order chi connectivity index (χ0) is 25.9. The fourth-order valence-electron chi connectivity index (χ4n) is 2.81. The minimum Gasteiger partial charge on any atom is -0.464 e. The van der Waals surface area contributed by atoms with Gasteiger partial charge in [0.25, 0.3) is 5.92 Å². The number of esters is 1. The minimum absolute atomic E-state index is 0.000439. The number of hydrogen-bond acceptors (Lipinski definition) is 4. The topological polar surface area (TPSA) is 71.5 Å². The number of nitrogens with one attached hydrogen (secondary N) is 1. The highest BCUT2D eigenvalue weighted by Crippen LogP contribution is 2.25. The van der Waals surface area contributed by atoms with Crippen molar-refractivity contribution in [3.05, 3.63) is 64.2 Å². The van der Waals surface area contributed by atoms with Crippen LogP contribution in [0.25, 0.3) is 0 Å². The lowest BCUT2D eigenvalue weighted by Gasteiger charge is -2.27. The summed E-state index contributed by atoms with van der Waals surface area (Å²) in [7, 11) is 1.63. The van der Waals surface area contributed by atoms with Gasteiger partial charge in [-0.3, -0.25) is 9.78 Å². The van der Waals surface area contributed by atoms with Crippen molar-refractivity contribution >= 4 is 23.6 Å². The first-order valence-corrected chi connectivity index (χ1v) is 11.1. The molecule has 1 atom stereocenters. The second kappa shape index (κ2) is 13.8. The van der Waals surface area contributed by atoms with Crippen LogP contribution in [0.15, 0.2) is 36.5 Å². The van der Waals surface area contributed by atoms with E-state index in [2.05, 4.69) is 10.3 Å². The number of benzene rings is 1. The molecule has 0 bridgehead atoms. The van der Waals surface area contributed by atoms with Crippen molar-refractivity contribution < 1.29 is 27.5 Å². The van der Waals surface area contributed by atoms with Gasteiger partial charge in [-0.05, 0) is 37.1 Å². The van der Waals surface area contributed by atoms with E-state index in [9.17, 15) is 22.8 Å². The lowest BCUT2D eigenvalue weighted by molar-refractivity contribution is -0.142. The molecule has 188 valence electrons. The first-order valence-electron chi connectivity index (χ1n) is 10.7. The van der Waals surface area contributed by atoms with Crippen LogP contribution in [0.2, 0.25) is 5.02 Å². The zero-order valence-electron chi connectivity index (χ0n) is 20.0. The van der Waals surface area contributed by atoms with Crippen LogP contribution in [0.3, 0.4) is 0 Å². The van der Waals surface area contributed by atoms with E-state index in [0.29, 0.717) is 12.0 Å². The third-order valence-corrected chi connectivity index (χ3v) is 5.27. The molecular weight excluding hydrogens is 471 g/mol. The van der Waals surface area contributed by atoms with Crippen molar-refractivity contribution in [2.75, 3.05) is 13.7 Å². The highest BCUT2D eigenvalue weighted by Gasteiger charge is 2.24. The highest BCUT2D eigenvalue weighted by molar-refractivity contribution is 6.31. The van der Waals surface area contributed by atoms with E-state index in [-0.39, 0.29) is 41.8 Å². The van der Waals surface area contributed by atoms with E-state index < -0.39 is 11.7 Å². The van der Waals surface area contributed by atoms with E-state index >= 15 is 0 Å². The molecular formula is C24H31ClF3N3O3. The number of alkyl halides is 2. The van der Waals surface area contributed by atoms with Crippen LogP contribution in [-0.4, -0.2) is 41.6 Å². The number of amides is 2. The van der Waals surface area contributed by atoms with Gasteiger partial charge < -0.3 is 15.0 Å². The predicted molar refractivity (Wildman–Crippen MR) is 125 cm³/mol. The summed E-state index contributed by atoms with van der Waals surface area (Å²) in [4.78, 5) is 28.4. The summed E-state index contributed by atoms with van der Waals surface area (Å²) in [5.41, 5.74) is 1.21. The Morgan fingerprint density at radius 2 is 1.94 bits per heavy atom. The smallest absolute Gasteiger partial charge is 0.317 e. The van der Waals surface area contributed by atoms with Crippen LogP contribution in [0.1, 0.15) is 50.4 Å². The van der Waals surface area contributed by atoms with Gasteiger partial charge in [0, 0.05) is 44.9 Å². The van der Waals surface area contributed by atoms with E-state index in [1.165, 1.54) is 36.2 Å². The molecule has 1 aromatic carbocycles. The number of aryl methyl sites for hydroxylation is 1. The lowest BCUT2D eigenvalue weighted by atomic mass is 10.1. The molecule has 0 aliphatic rings. The molecule has 1 heterocycles. The SMILES string of the molecule is CCCC(COC(C)=O)N(C)C(=O)NCc1cccc(F)c1Cl.Cc1ccc(C(C)(F)F)cn1. The van der Waals surface area contributed by atoms with Crippen molar-refractivity contribution in [2.24, 2.45) is 0 Å². The molecule has 0 radical (unpaired) electrons. The molecule has 0 aliphatic heterocycles. The Labute approximate surface area is 203 Å². The quantitative estimate of drug-likeness (QED) is 0.460. The molecule has 1 unspecified atom stereocenters. The molecule has 0 saturated carbocycles. The number of pyridine rings is 1. The molecule has 6 nitrogen and oxygen atoms in total. The number of rotatable bonds is 8. The maximum Gasteiger partial charge on any atom is 0.317 e. The Balaban J connectivity index is 0.000000437. The second-order valence-electron chi connectivity index (χ2n) is 7.80. The maximum atomic E-state index is 13.4. The molecule has 0 spiro atoms. The summed E-state index contributed by atoms with van der Waals surface area (Å²) in [5.74, 6) is -3.68. The third kappa shape index (κ3) is 9.99. The van der Waals surface area contributed by atoms with E-state index in [1.807, 2.05) is 6.92 Å². The minimum atomic E-state index is -2.78. The summed E-state index contributed by atoms with van der Waals surface area (Å²) in [6.45, 7) is 6.20. The fourth-order valence-corrected chi connectivity index (χ4v) is 3.00. The molecule has 2 amide bonds. The van der Waals surface area contributed by atoms with Crippen molar-refractivity contribution in [2.45, 2.75) is 59.0 Å². The van der Waals surface area contributed by atoms with Crippen LogP contribution >= 0.6 is 11.6 Å². The number of carbonyl (C=O) groups excluding carboxylic acids is 2. The molecule has 34 heavy (non-hydrogen) atoms. The molecule has 1 aromatic heterocycles. The first kappa shape index (κ1) is 29.2. The van der Waals surface area contributed by atoms with Crippen LogP contribution < -0.4 is 5.32 Å². The Bertz CT molecular complexity index is 937. The molecule has 0 aliphatic carbocycles. The standard InChI is InChI=1S/C16H22ClFN2O3.C8H9F2N/c1-4-6-13(10-23-11(2)21)20(3)16(22)19-9-12-7-5-8-14(18)15(12)17;1-6-3-4-7(5-11-6)8(2,9)10/h5,7-8,13H,4,6,9-10H2,1-3H3,(H,19,22);3-5H,1-2H3. The van der Waals surface area contributed by atoms with Crippen molar-refractivity contribution in [3.8, 4) is 0 Å². The van der Waals surface area contributed by atoms with E-state index in [1.54, 1.807) is 26.1 Å². The highest BCUT2D eigenvalue weighted by atomic mass is 35.5. The van der Waals surface area contributed by atoms with Gasteiger partial charge in [-0.15, -0.1) is 0 Å². The van der Waals surface area contributed by atoms with Gasteiger partial charge in [0.05, 0.1) is 11.1 Å². The number of urea groups is 1. The summed E-state index contributed by atoms with van der Waals surface area (Å²) >= 11 is 5.86. The first-order chi connectivity index (χ1) is 15.9. The predicted octanol–water partition coefficient (Wildman–Crippen LogP) is 5.85. The van der Waals surface area contributed by atoms with Gasteiger partial charge in [0.15, 0.2) is 0 Å². The Morgan fingerprint density at radius 3 is 2.47 bits per heavy atom. The van der Waals surface area contributed by atoms with Gasteiger partial charge in [0.2, 0.25) is 0 Å². The lowest BCUT2D eigenvalue weighted by Crippen LogP contribution is -2.45. The number of hydrogen-bond donors (Lipinski definition) is 1. The van der Waals surface area contributed by atoms with Crippen LogP contribution in [0, 0.1) is 12.7 Å². The van der Waals surface area contributed by atoms with Crippen LogP contribution in [0.4, 0.5) is 18.0 Å². The monoisotopic (exact) mass is 501 g/mol.